The average Bonchev–Trinajstić information content (AvgIpc) is 2.97. The van der Waals surface area contributed by atoms with Crippen molar-refractivity contribution < 1.29 is 14.2 Å². The fourth-order valence-corrected chi connectivity index (χ4v) is 3.51. The molecule has 2 atom stereocenters. The van der Waals surface area contributed by atoms with Gasteiger partial charge in [0.15, 0.2) is 11.5 Å². The van der Waals surface area contributed by atoms with Crippen molar-refractivity contribution in [1.82, 2.24) is 0 Å². The molecule has 1 aliphatic heterocycles. The lowest BCUT2D eigenvalue weighted by Gasteiger charge is -2.17. The summed E-state index contributed by atoms with van der Waals surface area (Å²) in [4.78, 5) is 0. The van der Waals surface area contributed by atoms with E-state index in [1.54, 1.807) is 14.2 Å². The minimum atomic E-state index is -0.0617. The van der Waals surface area contributed by atoms with E-state index in [-0.39, 0.29) is 5.38 Å². The van der Waals surface area contributed by atoms with Gasteiger partial charge in [-0.3, -0.25) is 0 Å². The molecule has 2 unspecified atom stereocenters. The van der Waals surface area contributed by atoms with Gasteiger partial charge in [-0.2, -0.15) is 0 Å². The number of hydrogen-bond acceptors (Lipinski definition) is 3. The molecule has 0 radical (unpaired) electrons. The summed E-state index contributed by atoms with van der Waals surface area (Å²) in [6.45, 7) is 0.887. The molecule has 112 valence electrons. The molecule has 1 aromatic rings. The van der Waals surface area contributed by atoms with Crippen LogP contribution in [0.15, 0.2) is 16.6 Å². The molecule has 0 amide bonds. The standard InChI is InChI=1S/C15H20BrClO3/c1-18-14-8-11(12(16)9-15(14)19-2)13(17)6-5-10-4-3-7-20-10/h8-10,13H,3-7H2,1-2H3. The van der Waals surface area contributed by atoms with Crippen LogP contribution >= 0.6 is 27.5 Å². The Morgan fingerprint density at radius 3 is 2.65 bits per heavy atom. The molecule has 0 aromatic heterocycles. The monoisotopic (exact) mass is 362 g/mol. The van der Waals surface area contributed by atoms with Crippen molar-refractivity contribution in [2.45, 2.75) is 37.2 Å². The van der Waals surface area contributed by atoms with E-state index < -0.39 is 0 Å². The molecule has 1 saturated heterocycles. The van der Waals surface area contributed by atoms with Crippen LogP contribution in [0, 0.1) is 0 Å². The van der Waals surface area contributed by atoms with Crippen LogP contribution in [0.3, 0.4) is 0 Å². The second-order valence-electron chi connectivity index (χ2n) is 4.91. The lowest BCUT2D eigenvalue weighted by Crippen LogP contribution is -2.06. The van der Waals surface area contributed by atoms with Crippen LogP contribution in [0.25, 0.3) is 0 Å². The molecule has 0 bridgehead atoms. The maximum atomic E-state index is 6.53. The summed E-state index contributed by atoms with van der Waals surface area (Å²) in [5, 5.41) is -0.0617. The van der Waals surface area contributed by atoms with Crippen molar-refractivity contribution in [2.24, 2.45) is 0 Å². The Bertz CT molecular complexity index is 447. The van der Waals surface area contributed by atoms with Crippen molar-refractivity contribution in [1.29, 1.82) is 0 Å². The van der Waals surface area contributed by atoms with Crippen LogP contribution in [0.1, 0.15) is 36.6 Å². The summed E-state index contributed by atoms with van der Waals surface area (Å²) in [6, 6.07) is 3.84. The van der Waals surface area contributed by atoms with Gasteiger partial charge >= 0.3 is 0 Å². The predicted molar refractivity (Wildman–Crippen MR) is 84.0 cm³/mol. The van der Waals surface area contributed by atoms with E-state index in [1.165, 1.54) is 0 Å². The van der Waals surface area contributed by atoms with Crippen LogP contribution in [-0.4, -0.2) is 26.9 Å². The molecule has 0 spiro atoms. The smallest absolute Gasteiger partial charge is 0.161 e. The van der Waals surface area contributed by atoms with Crippen molar-refractivity contribution in [3.63, 3.8) is 0 Å². The Morgan fingerprint density at radius 1 is 1.35 bits per heavy atom. The first-order valence-electron chi connectivity index (χ1n) is 6.82. The van der Waals surface area contributed by atoms with Crippen molar-refractivity contribution >= 4 is 27.5 Å². The van der Waals surface area contributed by atoms with E-state index in [0.717, 1.165) is 42.3 Å². The maximum Gasteiger partial charge on any atom is 0.161 e. The molecule has 1 aromatic carbocycles. The van der Waals surface area contributed by atoms with Gasteiger partial charge in [-0.25, -0.2) is 0 Å². The van der Waals surface area contributed by atoms with E-state index in [9.17, 15) is 0 Å². The van der Waals surface area contributed by atoms with Gasteiger partial charge < -0.3 is 14.2 Å². The highest BCUT2D eigenvalue weighted by atomic mass is 79.9. The lowest BCUT2D eigenvalue weighted by molar-refractivity contribution is 0.102. The average molecular weight is 364 g/mol. The number of alkyl halides is 1. The molecule has 3 nitrogen and oxygen atoms in total. The van der Waals surface area contributed by atoms with Gasteiger partial charge in [-0.05, 0) is 43.4 Å². The largest absolute Gasteiger partial charge is 0.493 e. The zero-order valence-corrected chi connectivity index (χ0v) is 14.2. The second kappa shape index (κ2) is 7.53. The summed E-state index contributed by atoms with van der Waals surface area (Å²) in [7, 11) is 3.25. The molecule has 5 heteroatoms. The topological polar surface area (TPSA) is 27.7 Å². The number of methoxy groups -OCH3 is 2. The SMILES string of the molecule is COc1cc(Br)c(C(Cl)CCC2CCCO2)cc1OC. The third-order valence-corrected chi connectivity index (χ3v) is 4.75. The van der Waals surface area contributed by atoms with Crippen molar-refractivity contribution in [2.75, 3.05) is 20.8 Å². The van der Waals surface area contributed by atoms with E-state index in [4.69, 9.17) is 25.8 Å². The number of halogens is 2. The highest BCUT2D eigenvalue weighted by Gasteiger charge is 2.20. The molecule has 1 aliphatic rings. The highest BCUT2D eigenvalue weighted by molar-refractivity contribution is 9.10. The maximum absolute atomic E-state index is 6.53. The van der Waals surface area contributed by atoms with E-state index in [0.29, 0.717) is 17.6 Å². The predicted octanol–water partition coefficient (Wildman–Crippen LogP) is 4.71. The van der Waals surface area contributed by atoms with Crippen LogP contribution in [0.4, 0.5) is 0 Å². The summed E-state index contributed by atoms with van der Waals surface area (Å²) in [5.74, 6) is 1.40. The first-order chi connectivity index (χ1) is 9.65. The molecular formula is C15H20BrClO3. The Balaban J connectivity index is 2.06. The third-order valence-electron chi connectivity index (χ3n) is 3.61. The van der Waals surface area contributed by atoms with Crippen LogP contribution < -0.4 is 9.47 Å². The quantitative estimate of drug-likeness (QED) is 0.685. The first-order valence-corrected chi connectivity index (χ1v) is 8.05. The normalized spacial score (nSPS) is 19.9. The van der Waals surface area contributed by atoms with Gasteiger partial charge in [0, 0.05) is 11.1 Å². The minimum Gasteiger partial charge on any atom is -0.493 e. The Hall–Kier alpha value is -0.450. The fourth-order valence-electron chi connectivity index (χ4n) is 2.47. The second-order valence-corrected chi connectivity index (χ2v) is 6.29. The number of benzene rings is 1. The van der Waals surface area contributed by atoms with Crippen LogP contribution in [0.5, 0.6) is 11.5 Å². The van der Waals surface area contributed by atoms with Crippen LogP contribution in [-0.2, 0) is 4.74 Å². The van der Waals surface area contributed by atoms with Gasteiger partial charge in [0.25, 0.3) is 0 Å². The van der Waals surface area contributed by atoms with Gasteiger partial charge in [-0.1, -0.05) is 15.9 Å². The molecule has 2 rings (SSSR count). The fraction of sp³-hybridized carbons (Fsp3) is 0.600. The summed E-state index contributed by atoms with van der Waals surface area (Å²) in [5.41, 5.74) is 1.03. The summed E-state index contributed by atoms with van der Waals surface area (Å²) >= 11 is 10.1. The highest BCUT2D eigenvalue weighted by Crippen LogP contribution is 2.40. The Morgan fingerprint density at radius 2 is 2.05 bits per heavy atom. The molecular weight excluding hydrogens is 344 g/mol. The zero-order valence-electron chi connectivity index (χ0n) is 11.8. The van der Waals surface area contributed by atoms with Crippen LogP contribution in [0.2, 0.25) is 0 Å². The lowest BCUT2D eigenvalue weighted by atomic mass is 10.0. The Kier molecular flexibility index (Phi) is 6.00. The summed E-state index contributed by atoms with van der Waals surface area (Å²) in [6.07, 6.45) is 4.57. The molecule has 20 heavy (non-hydrogen) atoms. The molecule has 1 heterocycles. The number of rotatable bonds is 6. The molecule has 1 fully saturated rings. The molecule has 0 aliphatic carbocycles. The third kappa shape index (κ3) is 3.80. The number of ether oxygens (including phenoxy) is 3. The van der Waals surface area contributed by atoms with Gasteiger partial charge in [0.1, 0.15) is 0 Å². The summed E-state index contributed by atoms with van der Waals surface area (Å²) < 4.78 is 17.2. The Labute approximate surface area is 133 Å². The van der Waals surface area contributed by atoms with E-state index >= 15 is 0 Å². The van der Waals surface area contributed by atoms with Crippen molar-refractivity contribution in [3.8, 4) is 11.5 Å². The van der Waals surface area contributed by atoms with Gasteiger partial charge in [0.2, 0.25) is 0 Å². The van der Waals surface area contributed by atoms with Gasteiger partial charge in [-0.15, -0.1) is 11.6 Å². The minimum absolute atomic E-state index is 0.0617. The van der Waals surface area contributed by atoms with E-state index in [1.807, 2.05) is 12.1 Å². The van der Waals surface area contributed by atoms with Gasteiger partial charge in [0.05, 0.1) is 25.7 Å². The van der Waals surface area contributed by atoms with E-state index in [2.05, 4.69) is 15.9 Å². The first kappa shape index (κ1) is 15.9. The zero-order chi connectivity index (χ0) is 14.5. The van der Waals surface area contributed by atoms with Crippen molar-refractivity contribution in [3.05, 3.63) is 22.2 Å². The molecule has 0 saturated carbocycles. The number of hydrogen-bond donors (Lipinski definition) is 0. The molecule has 0 N–H and O–H groups in total.